The number of aliphatic hydroxyl groups excluding tert-OH is 1. The molecule has 0 aliphatic rings. The van der Waals surface area contributed by atoms with Crippen molar-refractivity contribution in [2.75, 3.05) is 0 Å². The molecule has 0 saturated carbocycles. The third-order valence-corrected chi connectivity index (χ3v) is 2.51. The van der Waals surface area contributed by atoms with Gasteiger partial charge in [0.1, 0.15) is 0 Å². The maximum atomic E-state index is 9.81. The first-order chi connectivity index (χ1) is 8.34. The van der Waals surface area contributed by atoms with Gasteiger partial charge in [0.05, 0.1) is 6.10 Å². The van der Waals surface area contributed by atoms with Crippen molar-refractivity contribution in [1.29, 1.82) is 0 Å². The number of hydrogen-bond acceptors (Lipinski definition) is 1. The number of allylic oxidation sites excluding steroid dienone is 1. The van der Waals surface area contributed by atoms with E-state index in [2.05, 4.69) is 18.8 Å². The maximum Gasteiger partial charge on any atom is 0.0980 e. The first-order valence-electron chi connectivity index (χ1n) is 6.22. The molecule has 1 aromatic carbocycles. The van der Waals surface area contributed by atoms with E-state index in [1.165, 1.54) is 19.3 Å². The van der Waals surface area contributed by atoms with Gasteiger partial charge in [0.15, 0.2) is 0 Å². The van der Waals surface area contributed by atoms with Crippen LogP contribution >= 0.6 is 0 Å². The second kappa shape index (κ2) is 8.61. The second-order valence-electron chi connectivity index (χ2n) is 3.99. The van der Waals surface area contributed by atoms with Gasteiger partial charge in [-0.15, -0.1) is 0 Å². The second-order valence-corrected chi connectivity index (χ2v) is 3.99. The van der Waals surface area contributed by atoms with E-state index in [9.17, 15) is 5.11 Å². The van der Waals surface area contributed by atoms with Crippen LogP contribution < -0.4 is 0 Å². The lowest BCUT2D eigenvalue weighted by Gasteiger charge is -2.03. The smallest absolute Gasteiger partial charge is 0.0980 e. The highest BCUT2D eigenvalue weighted by Gasteiger charge is 1.99. The number of hydrogen-bond donors (Lipinski definition) is 1. The predicted octanol–water partition coefficient (Wildman–Crippen LogP) is 3.86. The summed E-state index contributed by atoms with van der Waals surface area (Å²) in [5.41, 5.74) is 0.900. The van der Waals surface area contributed by atoms with Gasteiger partial charge in [-0.2, -0.15) is 0 Å². The largest absolute Gasteiger partial charge is 0.384 e. The van der Waals surface area contributed by atoms with E-state index in [1.807, 2.05) is 30.3 Å². The van der Waals surface area contributed by atoms with Crippen LogP contribution in [0, 0.1) is 11.8 Å². The summed E-state index contributed by atoms with van der Waals surface area (Å²) in [7, 11) is 0. The van der Waals surface area contributed by atoms with Crippen LogP contribution in [0.3, 0.4) is 0 Å². The number of rotatable bonds is 5. The standard InChI is InChI=1S/C16H20O/c1-2-3-4-5-6-7-11-14-16(17)15-12-9-8-10-13-15/h8-14,16-17H,2-5H2,1H3/b14-11-/t16-/m1/s1. The molecule has 0 heterocycles. The molecule has 0 aromatic heterocycles. The summed E-state index contributed by atoms with van der Waals surface area (Å²) in [6, 6.07) is 9.59. The fourth-order valence-corrected chi connectivity index (χ4v) is 1.50. The fraction of sp³-hybridized carbons (Fsp3) is 0.375. The average Bonchev–Trinajstić information content (AvgIpc) is 2.38. The number of aliphatic hydroxyl groups is 1. The highest BCUT2D eigenvalue weighted by atomic mass is 16.3. The van der Waals surface area contributed by atoms with Crippen molar-refractivity contribution in [2.24, 2.45) is 0 Å². The zero-order valence-corrected chi connectivity index (χ0v) is 10.4. The molecule has 0 amide bonds. The fourth-order valence-electron chi connectivity index (χ4n) is 1.50. The summed E-state index contributed by atoms with van der Waals surface area (Å²) < 4.78 is 0. The van der Waals surface area contributed by atoms with Crippen molar-refractivity contribution in [3.63, 3.8) is 0 Å². The molecule has 0 fully saturated rings. The zero-order valence-electron chi connectivity index (χ0n) is 10.4. The minimum absolute atomic E-state index is 0.554. The van der Waals surface area contributed by atoms with Gasteiger partial charge in [0.2, 0.25) is 0 Å². The van der Waals surface area contributed by atoms with Crippen LogP contribution in [0.2, 0.25) is 0 Å². The van der Waals surface area contributed by atoms with Crippen molar-refractivity contribution in [3.05, 3.63) is 48.0 Å². The molecule has 17 heavy (non-hydrogen) atoms. The highest BCUT2D eigenvalue weighted by Crippen LogP contribution is 2.12. The lowest BCUT2D eigenvalue weighted by molar-refractivity contribution is 0.229. The van der Waals surface area contributed by atoms with E-state index in [0.717, 1.165) is 12.0 Å². The van der Waals surface area contributed by atoms with Crippen molar-refractivity contribution in [2.45, 2.75) is 38.7 Å². The van der Waals surface area contributed by atoms with E-state index >= 15 is 0 Å². The molecular formula is C16H20O. The molecule has 0 saturated heterocycles. The quantitative estimate of drug-likeness (QED) is 0.599. The van der Waals surface area contributed by atoms with Gasteiger partial charge in [-0.3, -0.25) is 0 Å². The van der Waals surface area contributed by atoms with E-state index in [4.69, 9.17) is 0 Å². The lowest BCUT2D eigenvalue weighted by Crippen LogP contribution is -1.91. The van der Waals surface area contributed by atoms with Crippen molar-refractivity contribution < 1.29 is 5.11 Å². The van der Waals surface area contributed by atoms with Gasteiger partial charge < -0.3 is 5.11 Å². The lowest BCUT2D eigenvalue weighted by atomic mass is 10.1. The molecule has 0 aliphatic carbocycles. The molecular weight excluding hydrogens is 208 g/mol. The Morgan fingerprint density at radius 3 is 2.71 bits per heavy atom. The Labute approximate surface area is 104 Å². The van der Waals surface area contributed by atoms with Gasteiger partial charge >= 0.3 is 0 Å². The van der Waals surface area contributed by atoms with Crippen molar-refractivity contribution in [1.82, 2.24) is 0 Å². The zero-order chi connectivity index (χ0) is 12.3. The summed E-state index contributed by atoms with van der Waals surface area (Å²) in [5.74, 6) is 6.03. The Kier molecular flexibility index (Phi) is 6.86. The van der Waals surface area contributed by atoms with Gasteiger partial charge in [-0.1, -0.05) is 61.9 Å². The molecule has 1 atom stereocenters. The van der Waals surface area contributed by atoms with Crippen molar-refractivity contribution in [3.8, 4) is 11.8 Å². The van der Waals surface area contributed by atoms with Crippen LogP contribution in [0.15, 0.2) is 42.5 Å². The first kappa shape index (κ1) is 13.5. The molecule has 1 heteroatoms. The first-order valence-corrected chi connectivity index (χ1v) is 6.22. The maximum absolute atomic E-state index is 9.81. The van der Waals surface area contributed by atoms with Gasteiger partial charge in [0.25, 0.3) is 0 Å². The van der Waals surface area contributed by atoms with Crippen LogP contribution in [0.1, 0.15) is 44.3 Å². The topological polar surface area (TPSA) is 20.2 Å². The Bertz CT molecular complexity index is 381. The molecule has 1 aromatic rings. The molecule has 0 radical (unpaired) electrons. The molecule has 1 rings (SSSR count). The highest BCUT2D eigenvalue weighted by molar-refractivity contribution is 5.24. The third kappa shape index (κ3) is 5.94. The van der Waals surface area contributed by atoms with Crippen LogP contribution in [-0.2, 0) is 0 Å². The molecule has 1 N–H and O–H groups in total. The SMILES string of the molecule is CCCCCC#C/C=C\[C@@H](O)c1ccccc1. The summed E-state index contributed by atoms with van der Waals surface area (Å²) >= 11 is 0. The van der Waals surface area contributed by atoms with Crippen LogP contribution in [0.5, 0.6) is 0 Å². The summed E-state index contributed by atoms with van der Waals surface area (Å²) in [6.45, 7) is 2.18. The van der Waals surface area contributed by atoms with Gasteiger partial charge in [-0.05, 0) is 24.1 Å². The van der Waals surface area contributed by atoms with Crippen molar-refractivity contribution >= 4 is 0 Å². The minimum atomic E-state index is -0.554. The van der Waals surface area contributed by atoms with E-state index in [1.54, 1.807) is 12.2 Å². The molecule has 0 spiro atoms. The molecule has 90 valence electrons. The molecule has 0 unspecified atom stereocenters. The van der Waals surface area contributed by atoms with E-state index in [-0.39, 0.29) is 0 Å². The van der Waals surface area contributed by atoms with E-state index < -0.39 is 6.10 Å². The Hall–Kier alpha value is -1.52. The normalized spacial score (nSPS) is 12.1. The van der Waals surface area contributed by atoms with E-state index in [0.29, 0.717) is 0 Å². The average molecular weight is 228 g/mol. The number of unbranched alkanes of at least 4 members (excludes halogenated alkanes) is 3. The van der Waals surface area contributed by atoms with Crippen LogP contribution in [0.25, 0.3) is 0 Å². The molecule has 0 aliphatic heterocycles. The van der Waals surface area contributed by atoms with Gasteiger partial charge in [0, 0.05) is 6.42 Å². The summed E-state index contributed by atoms with van der Waals surface area (Å²) in [4.78, 5) is 0. The molecule has 0 bridgehead atoms. The Balaban J connectivity index is 2.33. The van der Waals surface area contributed by atoms with Crippen LogP contribution in [0.4, 0.5) is 0 Å². The Morgan fingerprint density at radius 2 is 2.00 bits per heavy atom. The summed E-state index contributed by atoms with van der Waals surface area (Å²) in [6.07, 6.45) is 7.49. The monoisotopic (exact) mass is 228 g/mol. The van der Waals surface area contributed by atoms with Crippen LogP contribution in [-0.4, -0.2) is 5.11 Å². The molecule has 1 nitrogen and oxygen atoms in total. The number of benzene rings is 1. The Morgan fingerprint density at radius 1 is 1.24 bits per heavy atom. The minimum Gasteiger partial charge on any atom is -0.384 e. The summed E-state index contributed by atoms with van der Waals surface area (Å²) in [5, 5.41) is 9.81. The predicted molar refractivity (Wildman–Crippen MR) is 72.5 cm³/mol. The van der Waals surface area contributed by atoms with Gasteiger partial charge in [-0.25, -0.2) is 0 Å². The third-order valence-electron chi connectivity index (χ3n) is 2.51.